The molecule has 0 fully saturated rings. The highest BCUT2D eigenvalue weighted by atomic mass is 16.6. The van der Waals surface area contributed by atoms with Crippen LogP contribution in [0.3, 0.4) is 0 Å². The minimum atomic E-state index is -1.55. The van der Waals surface area contributed by atoms with Crippen LogP contribution >= 0.6 is 0 Å². The van der Waals surface area contributed by atoms with Crippen molar-refractivity contribution < 1.29 is 38.1 Å². The van der Waals surface area contributed by atoms with E-state index < -0.39 is 43.2 Å². The first-order valence-corrected chi connectivity index (χ1v) is 5.53. The Labute approximate surface area is 120 Å². The van der Waals surface area contributed by atoms with E-state index in [0.717, 1.165) is 18.4 Å². The molecule has 8 nitrogen and oxygen atoms in total. The third-order valence-corrected chi connectivity index (χ3v) is 1.78. The van der Waals surface area contributed by atoms with Crippen LogP contribution in [0, 0.1) is 0 Å². The zero-order valence-corrected chi connectivity index (χ0v) is 11.1. The van der Waals surface area contributed by atoms with Crippen LogP contribution in [0.2, 0.25) is 0 Å². The van der Waals surface area contributed by atoms with Crippen LogP contribution < -0.4 is 0 Å². The number of rotatable bonds is 9. The average Bonchev–Trinajstić information content (AvgIpc) is 2.48. The second kappa shape index (κ2) is 9.96. The fourth-order valence-electron chi connectivity index (χ4n) is 0.905. The lowest BCUT2D eigenvalue weighted by atomic mass is 10.4. The molecule has 0 rings (SSSR count). The van der Waals surface area contributed by atoms with Gasteiger partial charge in [0.05, 0.1) is 6.26 Å². The van der Waals surface area contributed by atoms with Crippen LogP contribution in [-0.4, -0.2) is 43.2 Å². The van der Waals surface area contributed by atoms with E-state index in [2.05, 4.69) is 38.7 Å². The molecule has 0 aliphatic heterocycles. The van der Waals surface area contributed by atoms with Gasteiger partial charge in [0, 0.05) is 12.2 Å². The maximum absolute atomic E-state index is 11.6. The van der Waals surface area contributed by atoms with E-state index in [1.807, 2.05) is 0 Å². The van der Waals surface area contributed by atoms with E-state index in [1.165, 1.54) is 0 Å². The van der Waals surface area contributed by atoms with Gasteiger partial charge in [-0.2, -0.15) is 0 Å². The van der Waals surface area contributed by atoms with Crippen molar-refractivity contribution in [2.75, 3.05) is 13.2 Å². The fourth-order valence-corrected chi connectivity index (χ4v) is 0.905. The van der Waals surface area contributed by atoms with Gasteiger partial charge in [-0.25, -0.2) is 19.2 Å². The summed E-state index contributed by atoms with van der Waals surface area (Å²) in [5.74, 6) is -3.73. The minimum absolute atomic E-state index is 0.597. The van der Waals surface area contributed by atoms with Crippen LogP contribution in [0.25, 0.3) is 0 Å². The molecule has 1 atom stereocenters. The Morgan fingerprint density at radius 2 is 1.57 bits per heavy atom. The maximum Gasteiger partial charge on any atom is 0.351 e. The van der Waals surface area contributed by atoms with Gasteiger partial charge in [0.2, 0.25) is 6.10 Å². The molecule has 0 saturated carbocycles. The molecular weight excluding hydrogens is 284 g/mol. The normalized spacial score (nSPS) is 10.5. The van der Waals surface area contributed by atoms with Crippen molar-refractivity contribution in [3.63, 3.8) is 0 Å². The van der Waals surface area contributed by atoms with E-state index in [-0.39, 0.29) is 0 Å². The topological polar surface area (TPSA) is 105 Å². The third-order valence-electron chi connectivity index (χ3n) is 1.78. The van der Waals surface area contributed by atoms with E-state index in [0.29, 0.717) is 0 Å². The molecule has 0 aliphatic rings. The van der Waals surface area contributed by atoms with Gasteiger partial charge in [0.15, 0.2) is 6.61 Å². The molecule has 0 heterocycles. The van der Waals surface area contributed by atoms with Gasteiger partial charge < -0.3 is 18.9 Å². The monoisotopic (exact) mass is 298 g/mol. The molecule has 0 aromatic heterocycles. The molecule has 114 valence electrons. The lowest BCUT2D eigenvalue weighted by molar-refractivity contribution is -0.173. The number of esters is 4. The number of ether oxygens (including phenoxy) is 4. The van der Waals surface area contributed by atoms with Crippen LogP contribution in [0.4, 0.5) is 0 Å². The molecule has 0 radical (unpaired) electrons. The summed E-state index contributed by atoms with van der Waals surface area (Å²) < 4.78 is 18.1. The van der Waals surface area contributed by atoms with Crippen molar-refractivity contribution in [2.45, 2.75) is 6.10 Å². The Morgan fingerprint density at radius 3 is 2.10 bits per heavy atom. The summed E-state index contributed by atoms with van der Waals surface area (Å²) in [5.41, 5.74) is 0. The smallest absolute Gasteiger partial charge is 0.351 e. The van der Waals surface area contributed by atoms with Crippen molar-refractivity contribution in [3.05, 3.63) is 38.2 Å². The van der Waals surface area contributed by atoms with E-state index in [1.54, 1.807) is 0 Å². The van der Waals surface area contributed by atoms with Gasteiger partial charge >= 0.3 is 23.9 Å². The first-order chi connectivity index (χ1) is 9.94. The van der Waals surface area contributed by atoms with Gasteiger partial charge in [0.1, 0.15) is 6.61 Å². The summed E-state index contributed by atoms with van der Waals surface area (Å²) >= 11 is 0. The Hall–Kier alpha value is -2.90. The number of hydrogen-bond donors (Lipinski definition) is 0. The van der Waals surface area contributed by atoms with Crippen LogP contribution in [0.1, 0.15) is 0 Å². The second-order valence-corrected chi connectivity index (χ2v) is 3.23. The highest BCUT2D eigenvalue weighted by molar-refractivity contribution is 5.86. The van der Waals surface area contributed by atoms with Gasteiger partial charge in [0.25, 0.3) is 0 Å². The zero-order valence-electron chi connectivity index (χ0n) is 11.1. The van der Waals surface area contributed by atoms with Crippen LogP contribution in [-0.2, 0) is 38.1 Å². The zero-order chi connectivity index (χ0) is 16.3. The Morgan fingerprint density at radius 1 is 0.952 bits per heavy atom. The van der Waals surface area contributed by atoms with E-state index in [9.17, 15) is 19.2 Å². The van der Waals surface area contributed by atoms with Crippen LogP contribution in [0.5, 0.6) is 0 Å². The molecule has 0 N–H and O–H groups in total. The molecule has 0 amide bonds. The molecule has 0 aromatic rings. The first-order valence-electron chi connectivity index (χ1n) is 5.53. The Kier molecular flexibility index (Phi) is 8.58. The summed E-state index contributed by atoms with van der Waals surface area (Å²) in [6.45, 7) is 8.13. The minimum Gasteiger partial charge on any atom is -0.458 e. The lowest BCUT2D eigenvalue weighted by Crippen LogP contribution is -2.34. The second-order valence-electron chi connectivity index (χ2n) is 3.23. The molecule has 1 unspecified atom stereocenters. The quantitative estimate of drug-likeness (QED) is 0.254. The molecule has 0 aromatic carbocycles. The predicted octanol–water partition coefficient (Wildman–Crippen LogP) is 0.0433. The largest absolute Gasteiger partial charge is 0.458 e. The average molecular weight is 298 g/mol. The standard InChI is InChI=1S/C13H14O8/c1-4-10(14)19-7-9(21-11(15)5-2)13(17)20-8-12(16)18-6-3/h4-6,9H,1-3,7-8H2. The molecule has 0 saturated heterocycles. The van der Waals surface area contributed by atoms with Gasteiger partial charge in [-0.15, -0.1) is 0 Å². The molecule has 8 heteroatoms. The summed E-state index contributed by atoms with van der Waals surface area (Å²) in [6.07, 6.45) is 0.980. The summed E-state index contributed by atoms with van der Waals surface area (Å²) in [6, 6.07) is 0. The van der Waals surface area contributed by atoms with Crippen molar-refractivity contribution in [3.8, 4) is 0 Å². The third kappa shape index (κ3) is 7.98. The fraction of sp³-hybridized carbons (Fsp3) is 0.231. The predicted molar refractivity (Wildman–Crippen MR) is 68.5 cm³/mol. The Balaban J connectivity index is 4.57. The maximum atomic E-state index is 11.6. The van der Waals surface area contributed by atoms with E-state index >= 15 is 0 Å². The van der Waals surface area contributed by atoms with Gasteiger partial charge in [-0.1, -0.05) is 19.7 Å². The molecule has 0 bridgehead atoms. The van der Waals surface area contributed by atoms with Crippen LogP contribution in [0.15, 0.2) is 38.2 Å². The Bertz CT molecular complexity index is 451. The van der Waals surface area contributed by atoms with Crippen molar-refractivity contribution >= 4 is 23.9 Å². The molecular formula is C13H14O8. The SMILES string of the molecule is C=COC(=O)COC(=O)C(COC(=O)C=C)OC(=O)C=C. The first kappa shape index (κ1) is 18.1. The number of carbonyl (C=O) groups is 4. The summed E-state index contributed by atoms with van der Waals surface area (Å²) in [4.78, 5) is 44.6. The highest BCUT2D eigenvalue weighted by Gasteiger charge is 2.26. The van der Waals surface area contributed by atoms with Crippen molar-refractivity contribution in [1.82, 2.24) is 0 Å². The molecule has 0 spiro atoms. The van der Waals surface area contributed by atoms with Gasteiger partial charge in [-0.3, -0.25) is 0 Å². The molecule has 0 aliphatic carbocycles. The van der Waals surface area contributed by atoms with E-state index in [4.69, 9.17) is 0 Å². The van der Waals surface area contributed by atoms with Crippen molar-refractivity contribution in [2.24, 2.45) is 0 Å². The van der Waals surface area contributed by atoms with Gasteiger partial charge in [-0.05, 0) is 0 Å². The van der Waals surface area contributed by atoms with Crippen molar-refractivity contribution in [1.29, 1.82) is 0 Å². The molecule has 21 heavy (non-hydrogen) atoms. The number of hydrogen-bond acceptors (Lipinski definition) is 8. The summed E-state index contributed by atoms with van der Waals surface area (Å²) in [7, 11) is 0. The number of carbonyl (C=O) groups excluding carboxylic acids is 4. The lowest BCUT2D eigenvalue weighted by Gasteiger charge is -2.15. The summed E-state index contributed by atoms with van der Waals surface area (Å²) in [5, 5.41) is 0. The highest BCUT2D eigenvalue weighted by Crippen LogP contribution is 2.00.